The molecule has 5 rings (SSSR count). The van der Waals surface area contributed by atoms with Crippen molar-refractivity contribution in [2.24, 2.45) is 0 Å². The van der Waals surface area contributed by atoms with Crippen LogP contribution in [0.15, 0.2) is 70.7 Å². The summed E-state index contributed by atoms with van der Waals surface area (Å²) in [5, 5.41) is 6.55. The van der Waals surface area contributed by atoms with E-state index in [1.807, 2.05) is 54.6 Å². The summed E-state index contributed by atoms with van der Waals surface area (Å²) in [4.78, 5) is 26.4. The number of aromatic nitrogens is 2. The summed E-state index contributed by atoms with van der Waals surface area (Å²) in [6.45, 7) is 0. The van der Waals surface area contributed by atoms with Crippen molar-refractivity contribution in [2.75, 3.05) is 12.4 Å². The Balaban J connectivity index is 1.78. The van der Waals surface area contributed by atoms with Crippen LogP contribution in [0.5, 0.6) is 5.75 Å². The minimum absolute atomic E-state index is 0.0900. The number of anilines is 1. The zero-order valence-corrected chi connectivity index (χ0v) is 16.1. The van der Waals surface area contributed by atoms with E-state index in [9.17, 15) is 9.59 Å². The third-order valence-electron chi connectivity index (χ3n) is 5.70. The highest BCUT2D eigenvalue weighted by Crippen LogP contribution is 2.45. The first-order valence-electron chi connectivity index (χ1n) is 9.75. The van der Waals surface area contributed by atoms with Crippen molar-refractivity contribution in [1.29, 1.82) is 0 Å². The standard InChI is InChI=1S/C23H21N3O3/c1-29-18-13-6-5-10-15(18)19-20-16(11-7-12-17(20)27)24-22-21(19)23(28)26(25-22)14-8-3-2-4-9-14/h2-6,8-10,13,19,24-25H,7,11-12H2,1H3. The lowest BCUT2D eigenvalue weighted by Gasteiger charge is -2.31. The average molecular weight is 387 g/mol. The number of para-hydroxylation sites is 2. The Kier molecular flexibility index (Phi) is 4.12. The topological polar surface area (TPSA) is 76.1 Å². The predicted molar refractivity (Wildman–Crippen MR) is 111 cm³/mol. The zero-order valence-electron chi connectivity index (χ0n) is 16.1. The molecule has 1 atom stereocenters. The van der Waals surface area contributed by atoms with Crippen LogP contribution in [0, 0.1) is 0 Å². The van der Waals surface area contributed by atoms with Crippen LogP contribution in [-0.2, 0) is 4.79 Å². The van der Waals surface area contributed by atoms with E-state index >= 15 is 0 Å². The molecular weight excluding hydrogens is 366 g/mol. The number of aromatic amines is 1. The highest BCUT2D eigenvalue weighted by molar-refractivity contribution is 6.01. The van der Waals surface area contributed by atoms with Crippen molar-refractivity contribution in [3.8, 4) is 11.4 Å². The summed E-state index contributed by atoms with van der Waals surface area (Å²) in [6.07, 6.45) is 2.09. The fourth-order valence-corrected chi connectivity index (χ4v) is 4.41. The van der Waals surface area contributed by atoms with Crippen LogP contribution in [0.2, 0.25) is 0 Å². The van der Waals surface area contributed by atoms with Gasteiger partial charge in [0.15, 0.2) is 5.78 Å². The van der Waals surface area contributed by atoms with Gasteiger partial charge in [-0.25, -0.2) is 4.68 Å². The molecule has 2 N–H and O–H groups in total. The fraction of sp³-hybridized carbons (Fsp3) is 0.217. The molecule has 6 nitrogen and oxygen atoms in total. The van der Waals surface area contributed by atoms with Gasteiger partial charge in [0, 0.05) is 23.3 Å². The number of carbonyl (C=O) groups is 1. The molecule has 0 amide bonds. The van der Waals surface area contributed by atoms with Crippen LogP contribution >= 0.6 is 0 Å². The van der Waals surface area contributed by atoms with Crippen molar-refractivity contribution in [2.45, 2.75) is 25.2 Å². The lowest BCUT2D eigenvalue weighted by Crippen LogP contribution is -2.30. The molecule has 1 aliphatic carbocycles. The first-order valence-corrected chi connectivity index (χ1v) is 9.75. The molecule has 1 aliphatic heterocycles. The summed E-state index contributed by atoms with van der Waals surface area (Å²) in [5.74, 6) is 0.941. The molecule has 2 aromatic carbocycles. The summed E-state index contributed by atoms with van der Waals surface area (Å²) in [5.41, 5.74) is 3.54. The first kappa shape index (κ1) is 17.6. The Morgan fingerprint density at radius 2 is 1.76 bits per heavy atom. The van der Waals surface area contributed by atoms with E-state index in [1.165, 1.54) is 4.68 Å². The van der Waals surface area contributed by atoms with Gasteiger partial charge in [0.2, 0.25) is 0 Å². The first-order chi connectivity index (χ1) is 14.2. The molecule has 0 spiro atoms. The quantitative estimate of drug-likeness (QED) is 0.718. The zero-order chi connectivity index (χ0) is 20.0. The van der Waals surface area contributed by atoms with Crippen LogP contribution in [-0.4, -0.2) is 22.7 Å². The van der Waals surface area contributed by atoms with Crippen LogP contribution < -0.4 is 15.6 Å². The molecule has 0 saturated heterocycles. The Hall–Kier alpha value is -3.54. The van der Waals surface area contributed by atoms with Gasteiger partial charge in [-0.05, 0) is 31.0 Å². The number of hydrogen-bond donors (Lipinski definition) is 2. The SMILES string of the molecule is COc1ccccc1C1C2=C(CCCC2=O)Nc2[nH]n(-c3ccccc3)c(=O)c21. The van der Waals surface area contributed by atoms with E-state index in [0.29, 0.717) is 29.1 Å². The van der Waals surface area contributed by atoms with Gasteiger partial charge < -0.3 is 10.1 Å². The van der Waals surface area contributed by atoms with E-state index in [0.717, 1.165) is 29.8 Å². The predicted octanol–water partition coefficient (Wildman–Crippen LogP) is 3.74. The van der Waals surface area contributed by atoms with Crippen molar-refractivity contribution >= 4 is 11.6 Å². The lowest BCUT2D eigenvalue weighted by atomic mass is 9.76. The number of fused-ring (bicyclic) bond motifs is 1. The molecule has 6 heteroatoms. The number of ketones is 1. The third-order valence-corrected chi connectivity index (χ3v) is 5.70. The largest absolute Gasteiger partial charge is 0.496 e. The molecule has 29 heavy (non-hydrogen) atoms. The lowest BCUT2D eigenvalue weighted by molar-refractivity contribution is -0.116. The molecule has 2 aliphatic rings. The van der Waals surface area contributed by atoms with Crippen LogP contribution in [0.1, 0.15) is 36.3 Å². The molecular formula is C23H21N3O3. The smallest absolute Gasteiger partial charge is 0.277 e. The number of allylic oxidation sites excluding steroid dienone is 2. The van der Waals surface area contributed by atoms with Gasteiger partial charge in [0.25, 0.3) is 5.56 Å². The Morgan fingerprint density at radius 1 is 1.00 bits per heavy atom. The number of H-pyrrole nitrogens is 1. The number of Topliss-reactive ketones (excluding diaryl/α,β-unsaturated/α-hetero) is 1. The molecule has 3 aromatic rings. The molecule has 146 valence electrons. The molecule has 0 saturated carbocycles. The van der Waals surface area contributed by atoms with Crippen LogP contribution in [0.25, 0.3) is 5.69 Å². The Bertz CT molecular complexity index is 1190. The van der Waals surface area contributed by atoms with Gasteiger partial charge in [-0.3, -0.25) is 14.7 Å². The van der Waals surface area contributed by atoms with Gasteiger partial charge >= 0.3 is 0 Å². The molecule has 2 heterocycles. The Labute approximate surface area is 167 Å². The normalized spacial score (nSPS) is 18.1. The highest BCUT2D eigenvalue weighted by atomic mass is 16.5. The number of hydrogen-bond acceptors (Lipinski definition) is 4. The number of carbonyl (C=O) groups excluding carboxylic acids is 1. The average Bonchev–Trinajstić information content (AvgIpc) is 3.09. The molecule has 1 aromatic heterocycles. The minimum Gasteiger partial charge on any atom is -0.496 e. The fourth-order valence-electron chi connectivity index (χ4n) is 4.41. The second-order valence-electron chi connectivity index (χ2n) is 7.35. The minimum atomic E-state index is -0.459. The monoisotopic (exact) mass is 387 g/mol. The van der Waals surface area contributed by atoms with E-state index < -0.39 is 5.92 Å². The molecule has 0 fully saturated rings. The van der Waals surface area contributed by atoms with Gasteiger partial charge in [0.1, 0.15) is 11.6 Å². The van der Waals surface area contributed by atoms with Gasteiger partial charge in [-0.15, -0.1) is 0 Å². The number of nitrogens with zero attached hydrogens (tertiary/aromatic N) is 1. The number of nitrogens with one attached hydrogen (secondary N) is 2. The highest BCUT2D eigenvalue weighted by Gasteiger charge is 2.39. The maximum absolute atomic E-state index is 13.5. The van der Waals surface area contributed by atoms with Gasteiger partial charge in [-0.2, -0.15) is 0 Å². The maximum Gasteiger partial charge on any atom is 0.277 e. The van der Waals surface area contributed by atoms with Crippen LogP contribution in [0.4, 0.5) is 5.82 Å². The number of methoxy groups -OCH3 is 1. The van der Waals surface area contributed by atoms with Gasteiger partial charge in [-0.1, -0.05) is 36.4 Å². The number of ether oxygens (including phenoxy) is 1. The maximum atomic E-state index is 13.5. The number of rotatable bonds is 3. The van der Waals surface area contributed by atoms with E-state index in [-0.39, 0.29) is 11.3 Å². The summed E-state index contributed by atoms with van der Waals surface area (Å²) >= 11 is 0. The van der Waals surface area contributed by atoms with Crippen molar-refractivity contribution < 1.29 is 9.53 Å². The second-order valence-corrected chi connectivity index (χ2v) is 7.35. The van der Waals surface area contributed by atoms with Gasteiger partial charge in [0.05, 0.1) is 24.3 Å². The number of benzene rings is 2. The summed E-state index contributed by atoms with van der Waals surface area (Å²) in [6, 6.07) is 17.0. The van der Waals surface area contributed by atoms with Crippen LogP contribution in [0.3, 0.4) is 0 Å². The molecule has 0 bridgehead atoms. The van der Waals surface area contributed by atoms with E-state index in [1.54, 1.807) is 7.11 Å². The summed E-state index contributed by atoms with van der Waals surface area (Å²) < 4.78 is 7.12. The van der Waals surface area contributed by atoms with Crippen molar-refractivity contribution in [1.82, 2.24) is 9.78 Å². The Morgan fingerprint density at radius 3 is 2.55 bits per heavy atom. The van der Waals surface area contributed by atoms with Crippen molar-refractivity contribution in [3.63, 3.8) is 0 Å². The molecule has 1 unspecified atom stereocenters. The second kappa shape index (κ2) is 6.81. The molecule has 0 radical (unpaired) electrons. The third kappa shape index (κ3) is 2.71. The van der Waals surface area contributed by atoms with E-state index in [4.69, 9.17) is 4.74 Å². The van der Waals surface area contributed by atoms with E-state index in [2.05, 4.69) is 10.4 Å². The summed E-state index contributed by atoms with van der Waals surface area (Å²) in [7, 11) is 1.61. The van der Waals surface area contributed by atoms with Crippen molar-refractivity contribution in [3.05, 3.63) is 87.3 Å².